The lowest BCUT2D eigenvalue weighted by Gasteiger charge is -2.39. The van der Waals surface area contributed by atoms with Crippen LogP contribution in [0.4, 0.5) is 4.79 Å². The fourth-order valence-corrected chi connectivity index (χ4v) is 2.66. The van der Waals surface area contributed by atoms with Gasteiger partial charge in [0.2, 0.25) is 0 Å². The fraction of sp³-hybridized carbons (Fsp3) is 0.846. The number of piperidine rings is 1. The topological polar surface area (TPSA) is 76.1 Å². The van der Waals surface area contributed by atoms with E-state index in [4.69, 9.17) is 14.6 Å². The van der Waals surface area contributed by atoms with Gasteiger partial charge in [0.1, 0.15) is 5.60 Å². The number of hydrogen-bond acceptors (Lipinski definition) is 4. The fourth-order valence-electron chi connectivity index (χ4n) is 2.66. The minimum atomic E-state index is -0.887. The van der Waals surface area contributed by atoms with Crippen molar-refractivity contribution >= 4 is 12.1 Å². The number of fused-ring (bicyclic) bond motifs is 1. The van der Waals surface area contributed by atoms with E-state index in [1.807, 2.05) is 0 Å². The average Bonchev–Trinajstić information content (AvgIpc) is 2.72. The zero-order valence-corrected chi connectivity index (χ0v) is 11.6. The molecular formula is C13H21NO5. The van der Waals surface area contributed by atoms with E-state index in [9.17, 15) is 9.59 Å². The predicted octanol–water partition coefficient (Wildman–Crippen LogP) is 1.49. The van der Waals surface area contributed by atoms with E-state index >= 15 is 0 Å². The molecule has 1 amide bonds. The van der Waals surface area contributed by atoms with Crippen molar-refractivity contribution in [3.8, 4) is 0 Å². The van der Waals surface area contributed by atoms with E-state index in [0.717, 1.165) is 6.42 Å². The zero-order valence-electron chi connectivity index (χ0n) is 11.6. The van der Waals surface area contributed by atoms with Crippen LogP contribution in [0.15, 0.2) is 0 Å². The molecule has 2 fully saturated rings. The maximum absolute atomic E-state index is 12.2. The zero-order chi connectivity index (χ0) is 14.2. The summed E-state index contributed by atoms with van der Waals surface area (Å²) in [6.45, 7) is 6.17. The van der Waals surface area contributed by atoms with Gasteiger partial charge in [-0.15, -0.1) is 0 Å². The first-order valence-corrected chi connectivity index (χ1v) is 6.62. The van der Waals surface area contributed by atoms with Crippen LogP contribution in [0, 0.1) is 5.92 Å². The second kappa shape index (κ2) is 5.00. The van der Waals surface area contributed by atoms with Gasteiger partial charge in [0, 0.05) is 13.2 Å². The number of likely N-dealkylation sites (tertiary alicyclic amines) is 1. The van der Waals surface area contributed by atoms with Gasteiger partial charge in [0.15, 0.2) is 0 Å². The maximum Gasteiger partial charge on any atom is 0.410 e. The van der Waals surface area contributed by atoms with Crippen LogP contribution in [0.5, 0.6) is 0 Å². The highest BCUT2D eigenvalue weighted by molar-refractivity contribution is 5.74. The second-order valence-electron chi connectivity index (χ2n) is 6.17. The first-order chi connectivity index (χ1) is 8.78. The summed E-state index contributed by atoms with van der Waals surface area (Å²) in [5.74, 6) is -1.46. The lowest BCUT2D eigenvalue weighted by Crippen LogP contribution is -2.54. The molecule has 0 aromatic rings. The Labute approximate surface area is 112 Å². The lowest BCUT2D eigenvalue weighted by atomic mass is 9.90. The molecule has 6 nitrogen and oxygen atoms in total. The van der Waals surface area contributed by atoms with Crippen LogP contribution < -0.4 is 0 Å². The highest BCUT2D eigenvalue weighted by atomic mass is 16.6. The van der Waals surface area contributed by atoms with Crippen molar-refractivity contribution in [2.24, 2.45) is 5.92 Å². The molecule has 2 rings (SSSR count). The van der Waals surface area contributed by atoms with E-state index in [2.05, 4.69) is 0 Å². The summed E-state index contributed by atoms with van der Waals surface area (Å²) in [5, 5.41) is 9.16. The summed E-state index contributed by atoms with van der Waals surface area (Å²) >= 11 is 0. The Kier molecular flexibility index (Phi) is 3.71. The van der Waals surface area contributed by atoms with Gasteiger partial charge in [-0.3, -0.25) is 4.79 Å². The summed E-state index contributed by atoms with van der Waals surface area (Å²) in [5.41, 5.74) is -0.581. The second-order valence-corrected chi connectivity index (χ2v) is 6.17. The molecule has 0 aromatic carbocycles. The van der Waals surface area contributed by atoms with E-state index in [0.29, 0.717) is 13.0 Å². The van der Waals surface area contributed by atoms with Gasteiger partial charge in [-0.2, -0.15) is 0 Å². The molecule has 108 valence electrons. The first-order valence-electron chi connectivity index (χ1n) is 6.62. The van der Waals surface area contributed by atoms with Crippen LogP contribution in [0.1, 0.15) is 33.6 Å². The molecule has 0 spiro atoms. The Morgan fingerprint density at radius 1 is 1.37 bits per heavy atom. The number of ether oxygens (including phenoxy) is 2. The van der Waals surface area contributed by atoms with Crippen molar-refractivity contribution in [3.63, 3.8) is 0 Å². The van der Waals surface area contributed by atoms with Crippen LogP contribution in [-0.4, -0.2) is 53.0 Å². The number of aliphatic carboxylic acids is 1. The van der Waals surface area contributed by atoms with Gasteiger partial charge in [-0.05, 0) is 33.6 Å². The summed E-state index contributed by atoms with van der Waals surface area (Å²) in [6, 6.07) is -0.0505. The minimum Gasteiger partial charge on any atom is -0.481 e. The molecule has 0 radical (unpaired) electrons. The average molecular weight is 271 g/mol. The van der Waals surface area contributed by atoms with Crippen molar-refractivity contribution in [1.82, 2.24) is 4.90 Å². The highest BCUT2D eigenvalue weighted by Crippen LogP contribution is 2.32. The molecule has 2 heterocycles. The molecule has 2 saturated heterocycles. The third-order valence-corrected chi connectivity index (χ3v) is 3.49. The summed E-state index contributed by atoms with van der Waals surface area (Å²) in [7, 11) is 0. The van der Waals surface area contributed by atoms with E-state index < -0.39 is 23.6 Å². The lowest BCUT2D eigenvalue weighted by molar-refractivity contribution is -0.146. The maximum atomic E-state index is 12.2. The van der Waals surface area contributed by atoms with E-state index in [1.165, 1.54) is 4.90 Å². The third kappa shape index (κ3) is 3.18. The predicted molar refractivity (Wildman–Crippen MR) is 66.8 cm³/mol. The number of rotatable bonds is 1. The summed E-state index contributed by atoms with van der Waals surface area (Å²) in [6.07, 6.45) is 0.594. The number of carbonyl (C=O) groups excluding carboxylic acids is 1. The van der Waals surface area contributed by atoms with Crippen molar-refractivity contribution < 1.29 is 24.2 Å². The Hall–Kier alpha value is -1.30. The largest absolute Gasteiger partial charge is 0.481 e. The Bertz CT molecular complexity index is 376. The molecule has 1 N–H and O–H groups in total. The Morgan fingerprint density at radius 3 is 2.63 bits per heavy atom. The molecule has 19 heavy (non-hydrogen) atoms. The quantitative estimate of drug-likeness (QED) is 0.782. The monoisotopic (exact) mass is 271 g/mol. The van der Waals surface area contributed by atoms with Gasteiger partial charge >= 0.3 is 12.1 Å². The van der Waals surface area contributed by atoms with Crippen LogP contribution in [0.25, 0.3) is 0 Å². The van der Waals surface area contributed by atoms with Gasteiger partial charge in [-0.25, -0.2) is 4.79 Å². The van der Waals surface area contributed by atoms with Crippen LogP contribution in [-0.2, 0) is 14.3 Å². The molecule has 0 aliphatic carbocycles. The molecule has 1 unspecified atom stereocenters. The van der Waals surface area contributed by atoms with Gasteiger partial charge in [-0.1, -0.05) is 0 Å². The molecule has 2 aliphatic heterocycles. The van der Waals surface area contributed by atoms with Crippen molar-refractivity contribution in [1.29, 1.82) is 0 Å². The SMILES string of the molecule is CC(C)(C)OC(=O)N1CC(C(=O)O)C[C@H]2OCC[C@H]21. The van der Waals surface area contributed by atoms with Crippen LogP contribution >= 0.6 is 0 Å². The van der Waals surface area contributed by atoms with E-state index in [-0.39, 0.29) is 18.7 Å². The van der Waals surface area contributed by atoms with Crippen molar-refractivity contribution in [2.75, 3.05) is 13.2 Å². The molecule has 0 aromatic heterocycles. The smallest absolute Gasteiger partial charge is 0.410 e. The number of hydrogen-bond donors (Lipinski definition) is 1. The van der Waals surface area contributed by atoms with Gasteiger partial charge in [0.05, 0.1) is 18.1 Å². The molecule has 6 heteroatoms. The Morgan fingerprint density at radius 2 is 2.05 bits per heavy atom. The molecule has 0 saturated carbocycles. The van der Waals surface area contributed by atoms with Crippen molar-refractivity contribution in [3.05, 3.63) is 0 Å². The summed E-state index contributed by atoms with van der Waals surface area (Å²) in [4.78, 5) is 24.9. The molecular weight excluding hydrogens is 250 g/mol. The van der Waals surface area contributed by atoms with Crippen LogP contribution in [0.2, 0.25) is 0 Å². The third-order valence-electron chi connectivity index (χ3n) is 3.49. The number of amides is 1. The highest BCUT2D eigenvalue weighted by Gasteiger charge is 2.45. The van der Waals surface area contributed by atoms with Gasteiger partial charge < -0.3 is 19.5 Å². The van der Waals surface area contributed by atoms with Crippen molar-refractivity contribution in [2.45, 2.75) is 51.4 Å². The number of carboxylic acids is 1. The number of carbonyl (C=O) groups is 2. The molecule has 3 atom stereocenters. The minimum absolute atomic E-state index is 0.0505. The van der Waals surface area contributed by atoms with Crippen LogP contribution in [0.3, 0.4) is 0 Å². The number of carboxylic acid groups (broad SMARTS) is 1. The normalized spacial score (nSPS) is 30.9. The molecule has 0 bridgehead atoms. The molecule has 2 aliphatic rings. The summed E-state index contributed by atoms with van der Waals surface area (Å²) < 4.78 is 10.9. The number of nitrogens with zero attached hydrogens (tertiary/aromatic N) is 1. The first kappa shape index (κ1) is 14.1. The van der Waals surface area contributed by atoms with E-state index in [1.54, 1.807) is 20.8 Å². The Balaban J connectivity index is 2.11. The standard InChI is InChI=1S/C13H21NO5/c1-13(2,3)19-12(17)14-7-8(11(15)16)6-10-9(14)4-5-18-10/h8-10H,4-7H2,1-3H3,(H,15,16)/t8?,9-,10-/m1/s1. The van der Waals surface area contributed by atoms with Gasteiger partial charge in [0.25, 0.3) is 0 Å².